The van der Waals surface area contributed by atoms with Crippen molar-refractivity contribution in [2.24, 2.45) is 14.1 Å². The fourth-order valence-electron chi connectivity index (χ4n) is 4.76. The zero-order valence-corrected chi connectivity index (χ0v) is 19.1. The summed E-state index contributed by atoms with van der Waals surface area (Å²) in [6.07, 6.45) is 2.95. The minimum Gasteiger partial charge on any atom is -0.381 e. The van der Waals surface area contributed by atoms with Gasteiger partial charge in [-0.05, 0) is 38.7 Å². The number of carbonyl (C=O) groups excluding carboxylic acids is 1. The summed E-state index contributed by atoms with van der Waals surface area (Å²) >= 11 is 0. The number of nitrogens with zero attached hydrogens (tertiary/aromatic N) is 7. The van der Waals surface area contributed by atoms with Gasteiger partial charge in [-0.15, -0.1) is 0 Å². The van der Waals surface area contributed by atoms with Crippen LogP contribution in [0.5, 0.6) is 0 Å². The van der Waals surface area contributed by atoms with Crippen molar-refractivity contribution in [1.82, 2.24) is 34.6 Å². The molecule has 0 radical (unpaired) electrons. The van der Waals surface area contributed by atoms with Crippen molar-refractivity contribution < 1.29 is 14.1 Å². The van der Waals surface area contributed by atoms with E-state index in [0.717, 1.165) is 60.1 Å². The maximum absolute atomic E-state index is 13.0. The summed E-state index contributed by atoms with van der Waals surface area (Å²) in [7, 11) is 3.83. The van der Waals surface area contributed by atoms with Gasteiger partial charge in [0.25, 0.3) is 5.89 Å². The minimum absolute atomic E-state index is 0.128. The van der Waals surface area contributed by atoms with Crippen LogP contribution in [0, 0.1) is 13.8 Å². The Morgan fingerprint density at radius 1 is 1.09 bits per heavy atom. The number of rotatable bonds is 5. The number of ether oxygens (including phenoxy) is 1. The molecule has 170 valence electrons. The van der Waals surface area contributed by atoms with Gasteiger partial charge in [0, 0.05) is 50.9 Å². The summed E-state index contributed by atoms with van der Waals surface area (Å²) in [5.41, 5.74) is 5.97. The molecule has 0 aliphatic carbocycles. The second kappa shape index (κ2) is 8.16. The molecule has 0 unspecified atom stereocenters. The van der Waals surface area contributed by atoms with Gasteiger partial charge in [-0.3, -0.25) is 14.2 Å². The predicted octanol–water partition coefficient (Wildman–Crippen LogP) is 2.19. The van der Waals surface area contributed by atoms with Crippen LogP contribution in [0.2, 0.25) is 0 Å². The topological polar surface area (TPSA) is 104 Å². The van der Waals surface area contributed by atoms with Crippen LogP contribution in [0.3, 0.4) is 0 Å². The standard InChI is InChI=1S/C22H29N7O3/c1-13-16(14(2)27(3)24-13)5-6-19(30)29-11-17-18(12-29)28(4)25-20(17)22-23-21(26-32-22)15-7-9-31-10-8-15/h15H,5-12H2,1-4H3. The average molecular weight is 440 g/mol. The van der Waals surface area contributed by atoms with E-state index in [9.17, 15) is 4.79 Å². The number of hydrogen-bond donors (Lipinski definition) is 0. The Hall–Kier alpha value is -3.01. The third-order valence-corrected chi connectivity index (χ3v) is 6.80. The van der Waals surface area contributed by atoms with E-state index < -0.39 is 0 Å². The van der Waals surface area contributed by atoms with Crippen molar-refractivity contribution in [3.05, 3.63) is 34.0 Å². The van der Waals surface area contributed by atoms with Crippen LogP contribution in [-0.4, -0.2) is 53.7 Å². The molecule has 3 aromatic heterocycles. The van der Waals surface area contributed by atoms with Crippen LogP contribution >= 0.6 is 0 Å². The number of fused-ring (bicyclic) bond motifs is 1. The van der Waals surface area contributed by atoms with Gasteiger partial charge in [-0.2, -0.15) is 15.2 Å². The van der Waals surface area contributed by atoms with Gasteiger partial charge in [0.15, 0.2) is 11.5 Å². The lowest BCUT2D eigenvalue weighted by Gasteiger charge is -2.18. The summed E-state index contributed by atoms with van der Waals surface area (Å²) in [6, 6.07) is 0. The highest BCUT2D eigenvalue weighted by Gasteiger charge is 2.33. The Morgan fingerprint density at radius 3 is 2.59 bits per heavy atom. The maximum Gasteiger partial charge on any atom is 0.278 e. The van der Waals surface area contributed by atoms with E-state index in [0.29, 0.717) is 37.5 Å². The number of aromatic nitrogens is 6. The van der Waals surface area contributed by atoms with Crippen molar-refractivity contribution in [3.8, 4) is 11.6 Å². The second-order valence-corrected chi connectivity index (χ2v) is 8.76. The average Bonchev–Trinajstić information content (AvgIpc) is 3.54. The second-order valence-electron chi connectivity index (χ2n) is 8.76. The number of carbonyl (C=O) groups is 1. The Kier molecular flexibility index (Phi) is 5.32. The predicted molar refractivity (Wildman–Crippen MR) is 115 cm³/mol. The zero-order chi connectivity index (χ0) is 22.4. The van der Waals surface area contributed by atoms with Gasteiger partial charge in [-0.25, -0.2) is 0 Å². The Labute approximate surface area is 186 Å². The van der Waals surface area contributed by atoms with E-state index in [1.54, 1.807) is 0 Å². The normalized spacial score (nSPS) is 16.7. The fraction of sp³-hybridized carbons (Fsp3) is 0.591. The van der Waals surface area contributed by atoms with E-state index in [1.807, 2.05) is 42.2 Å². The van der Waals surface area contributed by atoms with Gasteiger partial charge in [0.05, 0.1) is 24.5 Å². The van der Waals surface area contributed by atoms with Crippen LogP contribution < -0.4 is 0 Å². The van der Waals surface area contributed by atoms with E-state index in [1.165, 1.54) is 0 Å². The third-order valence-electron chi connectivity index (χ3n) is 6.80. The lowest BCUT2D eigenvalue weighted by Crippen LogP contribution is -2.26. The Balaban J connectivity index is 1.29. The molecule has 0 spiro atoms. The van der Waals surface area contributed by atoms with E-state index in [4.69, 9.17) is 9.26 Å². The Bertz CT molecular complexity index is 1150. The Morgan fingerprint density at radius 2 is 1.88 bits per heavy atom. The molecule has 10 heteroatoms. The van der Waals surface area contributed by atoms with Gasteiger partial charge in [0.1, 0.15) is 0 Å². The quantitative estimate of drug-likeness (QED) is 0.600. The van der Waals surface area contributed by atoms with Crippen molar-refractivity contribution in [1.29, 1.82) is 0 Å². The SMILES string of the molecule is Cc1nn(C)c(C)c1CCC(=O)N1Cc2c(-c3nc(C4CCOCC4)no3)nn(C)c2C1. The molecule has 2 aliphatic heterocycles. The first kappa shape index (κ1) is 20.9. The van der Waals surface area contributed by atoms with Crippen LogP contribution in [0.1, 0.15) is 59.2 Å². The van der Waals surface area contributed by atoms with Crippen molar-refractivity contribution >= 4 is 5.91 Å². The first-order valence-corrected chi connectivity index (χ1v) is 11.2. The van der Waals surface area contributed by atoms with Gasteiger partial charge < -0.3 is 14.2 Å². The molecule has 10 nitrogen and oxygen atoms in total. The van der Waals surface area contributed by atoms with E-state index in [-0.39, 0.29) is 11.8 Å². The molecule has 3 aromatic rings. The molecule has 0 saturated carbocycles. The van der Waals surface area contributed by atoms with E-state index >= 15 is 0 Å². The third kappa shape index (κ3) is 3.62. The lowest BCUT2D eigenvalue weighted by atomic mass is 10.00. The fourth-order valence-corrected chi connectivity index (χ4v) is 4.76. The lowest BCUT2D eigenvalue weighted by molar-refractivity contribution is -0.131. The van der Waals surface area contributed by atoms with Crippen molar-refractivity contribution in [2.45, 2.75) is 58.5 Å². The smallest absolute Gasteiger partial charge is 0.278 e. The van der Waals surface area contributed by atoms with Gasteiger partial charge >= 0.3 is 0 Å². The van der Waals surface area contributed by atoms with Gasteiger partial charge in [0.2, 0.25) is 5.91 Å². The molecular formula is C22H29N7O3. The largest absolute Gasteiger partial charge is 0.381 e. The van der Waals surface area contributed by atoms with E-state index in [2.05, 4.69) is 20.3 Å². The number of aryl methyl sites for hydroxylation is 3. The first-order valence-electron chi connectivity index (χ1n) is 11.2. The highest BCUT2D eigenvalue weighted by molar-refractivity contribution is 5.78. The molecule has 0 N–H and O–H groups in total. The molecular weight excluding hydrogens is 410 g/mol. The number of amides is 1. The molecule has 32 heavy (non-hydrogen) atoms. The molecule has 5 rings (SSSR count). The van der Waals surface area contributed by atoms with Crippen LogP contribution in [0.25, 0.3) is 11.6 Å². The first-order chi connectivity index (χ1) is 15.4. The summed E-state index contributed by atoms with van der Waals surface area (Å²) in [6.45, 7) is 6.55. The summed E-state index contributed by atoms with van der Waals surface area (Å²) in [4.78, 5) is 19.5. The maximum atomic E-state index is 13.0. The molecule has 1 saturated heterocycles. The summed E-state index contributed by atoms with van der Waals surface area (Å²) < 4.78 is 14.7. The van der Waals surface area contributed by atoms with Crippen molar-refractivity contribution in [2.75, 3.05) is 13.2 Å². The van der Waals surface area contributed by atoms with Crippen LogP contribution in [0.15, 0.2) is 4.52 Å². The highest BCUT2D eigenvalue weighted by Crippen LogP contribution is 2.33. The summed E-state index contributed by atoms with van der Waals surface area (Å²) in [5, 5.41) is 13.3. The molecule has 1 amide bonds. The molecule has 5 heterocycles. The molecule has 0 atom stereocenters. The highest BCUT2D eigenvalue weighted by atomic mass is 16.5. The van der Waals surface area contributed by atoms with Crippen molar-refractivity contribution in [3.63, 3.8) is 0 Å². The van der Waals surface area contributed by atoms with Crippen LogP contribution in [-0.2, 0) is 43.1 Å². The van der Waals surface area contributed by atoms with Gasteiger partial charge in [-0.1, -0.05) is 5.16 Å². The van der Waals surface area contributed by atoms with Crippen LogP contribution in [0.4, 0.5) is 0 Å². The molecule has 0 aromatic carbocycles. The molecule has 0 bridgehead atoms. The molecule has 2 aliphatic rings. The molecule has 1 fully saturated rings. The zero-order valence-electron chi connectivity index (χ0n) is 19.1. The number of hydrogen-bond acceptors (Lipinski definition) is 7. The minimum atomic E-state index is 0.128. The monoisotopic (exact) mass is 439 g/mol. The summed E-state index contributed by atoms with van der Waals surface area (Å²) in [5.74, 6) is 1.54.